The van der Waals surface area contributed by atoms with Crippen LogP contribution in [-0.4, -0.2) is 76.5 Å². The number of ether oxygens (including phenoxy) is 2. The van der Waals surface area contributed by atoms with Crippen molar-refractivity contribution in [1.29, 1.82) is 0 Å². The van der Waals surface area contributed by atoms with Gasteiger partial charge in [0.25, 0.3) is 0 Å². The summed E-state index contributed by atoms with van der Waals surface area (Å²) >= 11 is 0. The van der Waals surface area contributed by atoms with Gasteiger partial charge < -0.3 is 9.47 Å². The van der Waals surface area contributed by atoms with Crippen LogP contribution in [0.25, 0.3) is 0 Å². The van der Waals surface area contributed by atoms with Gasteiger partial charge in [-0.25, -0.2) is 4.79 Å². The van der Waals surface area contributed by atoms with Crippen molar-refractivity contribution < 1.29 is 76.1 Å². The fourth-order valence-electron chi connectivity index (χ4n) is 4.08. The standard InChI is InChI=1S/C26H34F13NO4/c1-19(2,3)44-18(42)40-16(15-43-20(40,4)5)17(41)13-11-9-7-6-8-10-12-14-21(27,28)22(29,30)23(31,32)24(33,34)25(35,36)26(37,38)39/h11,13,16H,6-10,12,14-15H2,1-5H3/b13-11+. The molecule has 1 aliphatic heterocycles. The number of alkyl halides is 13. The maximum Gasteiger partial charge on any atom is 0.460 e. The van der Waals surface area contributed by atoms with Crippen LogP contribution in [0.2, 0.25) is 0 Å². The zero-order chi connectivity index (χ0) is 34.8. The highest BCUT2D eigenvalue weighted by molar-refractivity contribution is 5.96. The molecule has 0 N–H and O–H groups in total. The molecule has 1 fully saturated rings. The van der Waals surface area contributed by atoms with E-state index in [4.69, 9.17) is 9.47 Å². The monoisotopic (exact) mass is 671 g/mol. The average molecular weight is 672 g/mol. The van der Waals surface area contributed by atoms with Crippen LogP contribution in [0.3, 0.4) is 0 Å². The highest BCUT2D eigenvalue weighted by Crippen LogP contribution is 2.60. The van der Waals surface area contributed by atoms with Gasteiger partial charge in [-0.2, -0.15) is 57.1 Å². The Morgan fingerprint density at radius 1 is 0.773 bits per heavy atom. The summed E-state index contributed by atoms with van der Waals surface area (Å²) in [7, 11) is 0. The molecule has 1 unspecified atom stereocenters. The molecule has 1 atom stereocenters. The van der Waals surface area contributed by atoms with Gasteiger partial charge in [0.1, 0.15) is 17.4 Å². The van der Waals surface area contributed by atoms with Crippen molar-refractivity contribution in [2.24, 2.45) is 0 Å². The van der Waals surface area contributed by atoms with Gasteiger partial charge in [-0.05, 0) is 60.0 Å². The molecule has 1 saturated heterocycles. The van der Waals surface area contributed by atoms with Crippen LogP contribution in [0.4, 0.5) is 61.9 Å². The van der Waals surface area contributed by atoms with E-state index in [1.165, 1.54) is 12.2 Å². The number of hydrogen-bond acceptors (Lipinski definition) is 4. The van der Waals surface area contributed by atoms with Gasteiger partial charge in [-0.3, -0.25) is 9.69 Å². The smallest absolute Gasteiger partial charge is 0.444 e. The number of allylic oxidation sites excluding steroid dienone is 1. The molecule has 0 aromatic heterocycles. The second-order valence-electron chi connectivity index (χ2n) is 11.7. The summed E-state index contributed by atoms with van der Waals surface area (Å²) < 4.78 is 182. The van der Waals surface area contributed by atoms with Gasteiger partial charge in [-0.15, -0.1) is 0 Å². The first-order valence-electron chi connectivity index (χ1n) is 13.3. The molecule has 0 aromatic carbocycles. The molecule has 0 aliphatic carbocycles. The Labute approximate surface area is 245 Å². The molecule has 1 aliphatic rings. The molecule has 0 radical (unpaired) electrons. The summed E-state index contributed by atoms with van der Waals surface area (Å²) in [6.45, 7) is 7.94. The summed E-state index contributed by atoms with van der Waals surface area (Å²) in [6, 6.07) is -0.983. The molecule has 0 saturated carbocycles. The Kier molecular flexibility index (Phi) is 11.9. The zero-order valence-electron chi connectivity index (χ0n) is 24.4. The number of amides is 1. The molecule has 44 heavy (non-hydrogen) atoms. The van der Waals surface area contributed by atoms with Gasteiger partial charge in [0.05, 0.1) is 6.61 Å². The Morgan fingerprint density at radius 2 is 1.25 bits per heavy atom. The molecule has 1 amide bonds. The third-order valence-electron chi connectivity index (χ3n) is 6.55. The van der Waals surface area contributed by atoms with E-state index in [1.807, 2.05) is 0 Å². The average Bonchev–Trinajstić information content (AvgIpc) is 3.15. The van der Waals surface area contributed by atoms with Crippen LogP contribution in [0.1, 0.15) is 79.6 Å². The molecular weight excluding hydrogens is 637 g/mol. The van der Waals surface area contributed by atoms with E-state index < -0.39 is 77.9 Å². The fourth-order valence-corrected chi connectivity index (χ4v) is 4.08. The van der Waals surface area contributed by atoms with Crippen molar-refractivity contribution in [3.8, 4) is 0 Å². The lowest BCUT2D eigenvalue weighted by molar-refractivity contribution is -0.440. The van der Waals surface area contributed by atoms with Gasteiger partial charge in [-0.1, -0.05) is 25.3 Å². The largest absolute Gasteiger partial charge is 0.460 e. The van der Waals surface area contributed by atoms with E-state index >= 15 is 0 Å². The van der Waals surface area contributed by atoms with Crippen LogP contribution >= 0.6 is 0 Å². The quantitative estimate of drug-likeness (QED) is 0.105. The van der Waals surface area contributed by atoms with Crippen LogP contribution < -0.4 is 0 Å². The molecule has 1 rings (SSSR count). The number of halogens is 13. The predicted octanol–water partition coefficient (Wildman–Crippen LogP) is 8.95. The van der Waals surface area contributed by atoms with Crippen molar-refractivity contribution in [2.45, 2.75) is 133 Å². The third-order valence-corrected chi connectivity index (χ3v) is 6.55. The zero-order valence-corrected chi connectivity index (χ0v) is 24.4. The Hall–Kier alpha value is -2.27. The number of ketones is 1. The SMILES string of the molecule is CC(C)(C)OC(=O)N1C(C(=O)/C=C/CCCCCCCC(F)(F)C(F)(F)C(F)(F)C(F)(F)C(F)(F)C(F)(F)F)COC1(C)C. The van der Waals surface area contributed by atoms with Crippen LogP contribution in [0.15, 0.2) is 12.2 Å². The van der Waals surface area contributed by atoms with E-state index in [0.717, 1.165) is 4.90 Å². The lowest BCUT2D eigenvalue weighted by Gasteiger charge is -2.39. The van der Waals surface area contributed by atoms with E-state index in [1.54, 1.807) is 34.6 Å². The van der Waals surface area contributed by atoms with Gasteiger partial charge >= 0.3 is 41.9 Å². The number of hydrogen-bond donors (Lipinski definition) is 0. The van der Waals surface area contributed by atoms with Crippen molar-refractivity contribution >= 4 is 11.9 Å². The maximum absolute atomic E-state index is 13.8. The highest BCUT2D eigenvalue weighted by Gasteiger charge is 2.90. The topological polar surface area (TPSA) is 55.8 Å². The van der Waals surface area contributed by atoms with Crippen LogP contribution in [0, 0.1) is 0 Å². The van der Waals surface area contributed by atoms with E-state index in [0.29, 0.717) is 6.42 Å². The van der Waals surface area contributed by atoms with Crippen molar-refractivity contribution in [3.05, 3.63) is 12.2 Å². The van der Waals surface area contributed by atoms with Gasteiger partial charge in [0, 0.05) is 6.42 Å². The number of rotatable bonds is 14. The van der Waals surface area contributed by atoms with E-state index in [9.17, 15) is 66.7 Å². The summed E-state index contributed by atoms with van der Waals surface area (Å²) in [5.41, 5.74) is -1.98. The van der Waals surface area contributed by atoms with Crippen molar-refractivity contribution in [2.75, 3.05) is 6.61 Å². The molecule has 0 aromatic rings. The summed E-state index contributed by atoms with van der Waals surface area (Å²) in [5.74, 6) is -37.2. The summed E-state index contributed by atoms with van der Waals surface area (Å²) in [4.78, 5) is 26.4. The second-order valence-corrected chi connectivity index (χ2v) is 11.7. The predicted molar refractivity (Wildman–Crippen MR) is 129 cm³/mol. The third kappa shape index (κ3) is 8.30. The fraction of sp³-hybridized carbons (Fsp3) is 0.846. The number of carbonyl (C=O) groups is 2. The molecule has 258 valence electrons. The minimum Gasteiger partial charge on any atom is -0.444 e. The number of unbranched alkanes of at least 4 members (excludes halogenated alkanes) is 5. The van der Waals surface area contributed by atoms with E-state index in [-0.39, 0.29) is 32.3 Å². The van der Waals surface area contributed by atoms with Crippen molar-refractivity contribution in [1.82, 2.24) is 4.90 Å². The normalized spacial score (nSPS) is 19.1. The minimum atomic E-state index is -7.89. The lowest BCUT2D eigenvalue weighted by Crippen LogP contribution is -2.70. The lowest BCUT2D eigenvalue weighted by atomic mass is 9.91. The first-order chi connectivity index (χ1) is 19.5. The van der Waals surface area contributed by atoms with Crippen LogP contribution in [-0.2, 0) is 14.3 Å². The number of nitrogens with zero attached hydrogens (tertiary/aromatic N) is 1. The Bertz CT molecular complexity index is 1030. The molecule has 1 heterocycles. The summed E-state index contributed by atoms with van der Waals surface area (Å²) in [5, 5.41) is 0. The van der Waals surface area contributed by atoms with Crippen LogP contribution in [0.5, 0.6) is 0 Å². The molecule has 5 nitrogen and oxygen atoms in total. The molecule has 0 bridgehead atoms. The first kappa shape index (κ1) is 39.8. The molecule has 0 spiro atoms. The highest BCUT2D eigenvalue weighted by atomic mass is 19.4. The Balaban J connectivity index is 2.62. The second kappa shape index (κ2) is 13.2. The van der Waals surface area contributed by atoms with Gasteiger partial charge in [0.2, 0.25) is 0 Å². The van der Waals surface area contributed by atoms with Crippen molar-refractivity contribution in [3.63, 3.8) is 0 Å². The first-order valence-corrected chi connectivity index (χ1v) is 13.3. The summed E-state index contributed by atoms with van der Waals surface area (Å²) in [6.07, 6.45) is -8.28. The number of carbonyl (C=O) groups excluding carboxylic acids is 2. The maximum atomic E-state index is 13.8. The Morgan fingerprint density at radius 3 is 1.75 bits per heavy atom. The molecule has 18 heteroatoms. The van der Waals surface area contributed by atoms with Gasteiger partial charge in [0.15, 0.2) is 5.78 Å². The minimum absolute atomic E-state index is 0.0270. The molecular formula is C26H34F13NO4. The van der Waals surface area contributed by atoms with E-state index in [2.05, 4.69) is 0 Å².